The molecule has 0 aromatic heterocycles. The average Bonchev–Trinajstić information content (AvgIpc) is 2.72. The van der Waals surface area contributed by atoms with Gasteiger partial charge in [-0.2, -0.15) is 0 Å². The van der Waals surface area contributed by atoms with Crippen LogP contribution >= 0.6 is 0 Å². The second-order valence-corrected chi connectivity index (χ2v) is 4.77. The van der Waals surface area contributed by atoms with Gasteiger partial charge in [0.2, 0.25) is 0 Å². The lowest BCUT2D eigenvalue weighted by molar-refractivity contribution is -0.135. The molecule has 0 fully saturated rings. The molecular weight excluding hydrogens is 272 g/mol. The zero-order valence-electron chi connectivity index (χ0n) is 12.3. The molecule has 21 heavy (non-hydrogen) atoms. The molecule has 2 amide bonds. The van der Waals surface area contributed by atoms with Gasteiger partial charge in [-0.3, -0.25) is 14.5 Å². The Balaban J connectivity index is 2.51. The molecule has 1 aromatic rings. The minimum atomic E-state index is -0.359. The molecule has 1 heterocycles. The summed E-state index contributed by atoms with van der Waals surface area (Å²) in [6, 6.07) is 6.96. The Hall–Kier alpha value is -2.34. The van der Waals surface area contributed by atoms with Crippen LogP contribution in [-0.4, -0.2) is 61.1 Å². The van der Waals surface area contributed by atoms with Crippen LogP contribution in [0.1, 0.15) is 5.56 Å². The number of hydrogen-bond donors (Lipinski definition) is 1. The number of amides is 2. The standard InChI is InChI=1S/C15H18N2O4/c1-16(8-9-18)13-12(14(19)17(2)15(13)20)10-4-6-11(21-3)7-5-10/h4-7,18H,8-9H2,1-3H3. The lowest BCUT2D eigenvalue weighted by atomic mass is 10.0. The van der Waals surface area contributed by atoms with Crippen LogP contribution in [0.2, 0.25) is 0 Å². The lowest BCUT2D eigenvalue weighted by Crippen LogP contribution is -2.31. The normalized spacial score (nSPS) is 15.0. The van der Waals surface area contributed by atoms with Gasteiger partial charge in [0.1, 0.15) is 11.4 Å². The van der Waals surface area contributed by atoms with Crippen LogP contribution < -0.4 is 4.74 Å². The van der Waals surface area contributed by atoms with Crippen molar-refractivity contribution in [2.45, 2.75) is 0 Å². The molecule has 112 valence electrons. The molecule has 0 bridgehead atoms. The number of carbonyl (C=O) groups is 2. The van der Waals surface area contributed by atoms with Crippen molar-refractivity contribution in [2.75, 3.05) is 34.4 Å². The summed E-state index contributed by atoms with van der Waals surface area (Å²) in [4.78, 5) is 27.2. The largest absolute Gasteiger partial charge is 0.497 e. The quantitative estimate of drug-likeness (QED) is 0.791. The SMILES string of the molecule is COc1ccc(C2=C(N(C)CCO)C(=O)N(C)C2=O)cc1. The molecular formula is C15H18N2O4. The number of ether oxygens (including phenoxy) is 1. The Morgan fingerprint density at radius 2 is 1.81 bits per heavy atom. The van der Waals surface area contributed by atoms with Gasteiger partial charge in [-0.1, -0.05) is 12.1 Å². The van der Waals surface area contributed by atoms with E-state index in [1.54, 1.807) is 43.3 Å². The van der Waals surface area contributed by atoms with E-state index in [0.717, 1.165) is 4.90 Å². The topological polar surface area (TPSA) is 70.1 Å². The molecule has 2 rings (SSSR count). The minimum Gasteiger partial charge on any atom is -0.497 e. The first-order valence-electron chi connectivity index (χ1n) is 6.54. The number of aliphatic hydroxyl groups is 1. The minimum absolute atomic E-state index is 0.0962. The molecule has 0 aliphatic carbocycles. The van der Waals surface area contributed by atoms with Gasteiger partial charge in [-0.05, 0) is 17.7 Å². The van der Waals surface area contributed by atoms with Gasteiger partial charge in [-0.15, -0.1) is 0 Å². The van der Waals surface area contributed by atoms with E-state index in [-0.39, 0.29) is 25.0 Å². The van der Waals surface area contributed by atoms with Crippen molar-refractivity contribution < 1.29 is 19.4 Å². The summed E-state index contributed by atoms with van der Waals surface area (Å²) in [5.41, 5.74) is 1.31. The van der Waals surface area contributed by atoms with Gasteiger partial charge in [0, 0.05) is 20.6 Å². The number of benzene rings is 1. The van der Waals surface area contributed by atoms with Gasteiger partial charge in [0.05, 0.1) is 19.3 Å². The molecule has 1 aromatic carbocycles. The fraction of sp³-hybridized carbons (Fsp3) is 0.333. The van der Waals surface area contributed by atoms with Crippen LogP contribution in [0.15, 0.2) is 30.0 Å². The highest BCUT2D eigenvalue weighted by atomic mass is 16.5. The Morgan fingerprint density at radius 3 is 2.33 bits per heavy atom. The Bertz CT molecular complexity index is 592. The van der Waals surface area contributed by atoms with E-state index in [1.807, 2.05) is 0 Å². The maximum absolute atomic E-state index is 12.3. The highest BCUT2D eigenvalue weighted by Gasteiger charge is 2.38. The van der Waals surface area contributed by atoms with Crippen LogP contribution in [0.3, 0.4) is 0 Å². The van der Waals surface area contributed by atoms with Gasteiger partial charge in [-0.25, -0.2) is 0 Å². The first kappa shape index (κ1) is 15.1. The van der Waals surface area contributed by atoms with Gasteiger partial charge in [0.25, 0.3) is 11.8 Å². The fourth-order valence-corrected chi connectivity index (χ4v) is 2.26. The summed E-state index contributed by atoms with van der Waals surface area (Å²) in [6.07, 6.45) is 0. The van der Waals surface area contributed by atoms with E-state index in [4.69, 9.17) is 9.84 Å². The van der Waals surface area contributed by atoms with Gasteiger partial charge in [0.15, 0.2) is 0 Å². The van der Waals surface area contributed by atoms with Crippen LogP contribution in [0.4, 0.5) is 0 Å². The highest BCUT2D eigenvalue weighted by Crippen LogP contribution is 2.30. The zero-order valence-corrected chi connectivity index (χ0v) is 12.3. The van der Waals surface area contributed by atoms with Crippen molar-refractivity contribution in [3.05, 3.63) is 35.5 Å². The number of imide groups is 1. The summed E-state index contributed by atoms with van der Waals surface area (Å²) < 4.78 is 5.09. The second kappa shape index (κ2) is 5.97. The van der Waals surface area contributed by atoms with Crippen molar-refractivity contribution in [3.8, 4) is 5.75 Å². The van der Waals surface area contributed by atoms with Crippen molar-refractivity contribution in [2.24, 2.45) is 0 Å². The first-order chi connectivity index (χ1) is 10.0. The third-order valence-corrected chi connectivity index (χ3v) is 3.46. The molecule has 0 saturated carbocycles. The molecule has 6 heteroatoms. The van der Waals surface area contributed by atoms with Gasteiger partial charge < -0.3 is 14.7 Å². The third kappa shape index (κ3) is 2.62. The maximum atomic E-state index is 12.3. The van der Waals surface area contributed by atoms with Crippen molar-refractivity contribution in [1.82, 2.24) is 9.80 Å². The lowest BCUT2D eigenvalue weighted by Gasteiger charge is -2.19. The molecule has 0 unspecified atom stereocenters. The van der Waals surface area contributed by atoms with Crippen molar-refractivity contribution in [1.29, 1.82) is 0 Å². The number of carbonyl (C=O) groups excluding carboxylic acids is 2. The average molecular weight is 290 g/mol. The third-order valence-electron chi connectivity index (χ3n) is 3.46. The Morgan fingerprint density at radius 1 is 1.19 bits per heavy atom. The van der Waals surface area contributed by atoms with E-state index in [9.17, 15) is 9.59 Å². The summed E-state index contributed by atoms with van der Waals surface area (Å²) in [6.45, 7) is 0.183. The molecule has 0 spiro atoms. The molecule has 0 atom stereocenters. The van der Waals surface area contributed by atoms with E-state index < -0.39 is 0 Å². The predicted octanol–water partition coefficient (Wildman–Crippen LogP) is 0.329. The summed E-state index contributed by atoms with van der Waals surface area (Å²) >= 11 is 0. The first-order valence-corrected chi connectivity index (χ1v) is 6.54. The predicted molar refractivity (Wildman–Crippen MR) is 77.4 cm³/mol. The van der Waals surface area contributed by atoms with E-state index >= 15 is 0 Å². The number of aliphatic hydroxyl groups excluding tert-OH is 1. The fourth-order valence-electron chi connectivity index (χ4n) is 2.26. The summed E-state index contributed by atoms with van der Waals surface area (Å²) in [5.74, 6) is -0.0264. The molecule has 0 saturated heterocycles. The highest BCUT2D eigenvalue weighted by molar-refractivity contribution is 6.35. The Labute approximate surface area is 123 Å². The molecule has 1 aliphatic heterocycles. The molecule has 6 nitrogen and oxygen atoms in total. The number of likely N-dealkylation sites (N-methyl/N-ethyl adjacent to an activating group) is 2. The van der Waals surface area contributed by atoms with Gasteiger partial charge >= 0.3 is 0 Å². The second-order valence-electron chi connectivity index (χ2n) is 4.77. The van der Waals surface area contributed by atoms with Crippen molar-refractivity contribution >= 4 is 17.4 Å². The van der Waals surface area contributed by atoms with E-state index in [2.05, 4.69) is 0 Å². The maximum Gasteiger partial charge on any atom is 0.277 e. The summed E-state index contributed by atoms with van der Waals surface area (Å²) in [5, 5.41) is 9.05. The number of rotatable bonds is 5. The van der Waals surface area contributed by atoms with Crippen molar-refractivity contribution in [3.63, 3.8) is 0 Å². The van der Waals surface area contributed by atoms with Crippen LogP contribution in [0.5, 0.6) is 5.75 Å². The number of methoxy groups -OCH3 is 1. The monoisotopic (exact) mass is 290 g/mol. The Kier molecular flexibility index (Phi) is 4.28. The number of nitrogens with zero attached hydrogens (tertiary/aromatic N) is 2. The molecule has 0 radical (unpaired) electrons. The van der Waals surface area contributed by atoms with Crippen LogP contribution in [-0.2, 0) is 9.59 Å². The zero-order chi connectivity index (χ0) is 15.6. The summed E-state index contributed by atoms with van der Waals surface area (Å²) in [7, 11) is 4.69. The smallest absolute Gasteiger partial charge is 0.277 e. The van der Waals surface area contributed by atoms with Crippen LogP contribution in [0, 0.1) is 0 Å². The number of hydrogen-bond acceptors (Lipinski definition) is 5. The molecule has 1 N–H and O–H groups in total. The van der Waals surface area contributed by atoms with E-state index in [1.165, 1.54) is 7.05 Å². The molecule has 1 aliphatic rings. The van der Waals surface area contributed by atoms with Crippen LogP contribution in [0.25, 0.3) is 5.57 Å². The van der Waals surface area contributed by atoms with E-state index in [0.29, 0.717) is 22.6 Å².